The third-order valence-corrected chi connectivity index (χ3v) is 6.17. The lowest BCUT2D eigenvalue weighted by Crippen LogP contribution is -2.08. The van der Waals surface area contributed by atoms with E-state index in [1.165, 1.54) is 0 Å². The second kappa shape index (κ2) is 6.37. The van der Waals surface area contributed by atoms with E-state index in [1.807, 2.05) is 24.3 Å². The summed E-state index contributed by atoms with van der Waals surface area (Å²) >= 11 is 0. The summed E-state index contributed by atoms with van der Waals surface area (Å²) in [5.41, 5.74) is 0.983. The molecular formula is C19H19NO4S. The number of aromatic amines is 1. The van der Waals surface area contributed by atoms with Crippen LogP contribution < -0.4 is 0 Å². The number of hydrogen-bond donors (Lipinski definition) is 1. The van der Waals surface area contributed by atoms with Crippen LogP contribution in [0.2, 0.25) is 0 Å². The maximum Gasteiger partial charge on any atom is 0.355 e. The van der Waals surface area contributed by atoms with Crippen LogP contribution in [-0.2, 0) is 14.6 Å². The van der Waals surface area contributed by atoms with Crippen LogP contribution in [0, 0.1) is 13.8 Å². The number of carbonyl (C=O) groups is 1. The van der Waals surface area contributed by atoms with E-state index in [0.29, 0.717) is 11.3 Å². The summed E-state index contributed by atoms with van der Waals surface area (Å²) in [6.45, 7) is 5.19. The van der Waals surface area contributed by atoms with Crippen molar-refractivity contribution in [3.63, 3.8) is 0 Å². The van der Waals surface area contributed by atoms with Crippen molar-refractivity contribution in [2.75, 3.05) is 6.61 Å². The summed E-state index contributed by atoms with van der Waals surface area (Å²) in [4.78, 5) is 15.2. The fourth-order valence-corrected chi connectivity index (χ4v) is 4.72. The fraction of sp³-hybridized carbons (Fsp3) is 0.211. The number of aryl methyl sites for hydroxylation is 1. The van der Waals surface area contributed by atoms with Crippen molar-refractivity contribution in [3.05, 3.63) is 59.4 Å². The Bertz CT molecular complexity index is 1060. The number of benzene rings is 2. The molecular weight excluding hydrogens is 338 g/mol. The van der Waals surface area contributed by atoms with Crippen LogP contribution in [0.3, 0.4) is 0 Å². The summed E-state index contributed by atoms with van der Waals surface area (Å²) in [5.74, 6) is -0.553. The molecule has 1 heterocycles. The van der Waals surface area contributed by atoms with Gasteiger partial charge in [-0.15, -0.1) is 0 Å². The highest BCUT2D eigenvalue weighted by molar-refractivity contribution is 7.91. The molecule has 0 atom stereocenters. The number of H-pyrrole nitrogens is 1. The number of aromatic nitrogens is 1. The molecule has 0 amide bonds. The lowest BCUT2D eigenvalue weighted by Gasteiger charge is -2.07. The number of nitrogens with one attached hydrogen (secondary N) is 1. The first kappa shape index (κ1) is 17.2. The van der Waals surface area contributed by atoms with Crippen LogP contribution in [0.1, 0.15) is 28.7 Å². The SMILES string of the molecule is CCOC(=O)c1[nH]c(C)c(S(=O)(=O)c2ccc3ccccc3c2)c1C. The van der Waals surface area contributed by atoms with Gasteiger partial charge in [-0.3, -0.25) is 0 Å². The predicted octanol–water partition coefficient (Wildman–Crippen LogP) is 3.79. The standard InChI is InChI=1S/C19H19NO4S/c1-4-24-19(21)17-12(2)18(13(3)20-17)25(22,23)16-10-9-14-7-5-6-8-15(14)11-16/h5-11,20H,4H2,1-3H3. The maximum atomic E-state index is 13.1. The number of hydrogen-bond acceptors (Lipinski definition) is 4. The molecule has 6 heteroatoms. The molecule has 0 aliphatic heterocycles. The van der Waals surface area contributed by atoms with Gasteiger partial charge in [0, 0.05) is 11.3 Å². The number of fused-ring (bicyclic) bond motifs is 1. The molecule has 3 aromatic rings. The second-order valence-electron chi connectivity index (χ2n) is 5.81. The molecule has 0 aliphatic carbocycles. The highest BCUT2D eigenvalue weighted by atomic mass is 32.2. The van der Waals surface area contributed by atoms with Gasteiger partial charge in [0.05, 0.1) is 16.4 Å². The zero-order valence-corrected chi connectivity index (χ0v) is 15.1. The van der Waals surface area contributed by atoms with Crippen LogP contribution in [0.5, 0.6) is 0 Å². The Morgan fingerprint density at radius 3 is 2.44 bits per heavy atom. The van der Waals surface area contributed by atoms with E-state index in [9.17, 15) is 13.2 Å². The Labute approximate surface area is 146 Å². The van der Waals surface area contributed by atoms with E-state index in [2.05, 4.69) is 4.98 Å². The van der Waals surface area contributed by atoms with E-state index in [1.54, 1.807) is 39.0 Å². The zero-order valence-electron chi connectivity index (χ0n) is 14.3. The van der Waals surface area contributed by atoms with Crippen molar-refractivity contribution in [1.29, 1.82) is 0 Å². The van der Waals surface area contributed by atoms with E-state index >= 15 is 0 Å². The van der Waals surface area contributed by atoms with Crippen LogP contribution in [-0.4, -0.2) is 26.0 Å². The minimum absolute atomic E-state index is 0.130. The van der Waals surface area contributed by atoms with Gasteiger partial charge in [0.1, 0.15) is 5.69 Å². The molecule has 0 unspecified atom stereocenters. The van der Waals surface area contributed by atoms with Gasteiger partial charge in [-0.2, -0.15) is 0 Å². The number of carbonyl (C=O) groups excluding carboxylic acids is 1. The summed E-state index contributed by atoms with van der Waals surface area (Å²) in [6, 6.07) is 12.6. The van der Waals surface area contributed by atoms with E-state index in [4.69, 9.17) is 4.74 Å². The maximum absolute atomic E-state index is 13.1. The third-order valence-electron chi connectivity index (χ3n) is 4.15. The van der Waals surface area contributed by atoms with Crippen LogP contribution in [0.4, 0.5) is 0 Å². The molecule has 0 saturated carbocycles. The van der Waals surface area contributed by atoms with Gasteiger partial charge in [-0.05, 0) is 43.7 Å². The quantitative estimate of drug-likeness (QED) is 0.721. The third kappa shape index (κ3) is 2.93. The summed E-state index contributed by atoms with van der Waals surface area (Å²) in [7, 11) is -3.76. The van der Waals surface area contributed by atoms with Gasteiger partial charge in [0.15, 0.2) is 0 Å². The number of sulfone groups is 1. The number of ether oxygens (including phenoxy) is 1. The smallest absolute Gasteiger partial charge is 0.355 e. The highest BCUT2D eigenvalue weighted by Gasteiger charge is 2.28. The first-order valence-corrected chi connectivity index (χ1v) is 9.44. The number of esters is 1. The molecule has 3 rings (SSSR count). The van der Waals surface area contributed by atoms with E-state index in [0.717, 1.165) is 10.8 Å². The molecule has 0 fully saturated rings. The average molecular weight is 357 g/mol. The van der Waals surface area contributed by atoms with Crippen molar-refractivity contribution < 1.29 is 17.9 Å². The van der Waals surface area contributed by atoms with Crippen molar-refractivity contribution in [2.45, 2.75) is 30.6 Å². The lowest BCUT2D eigenvalue weighted by molar-refractivity contribution is 0.0519. The van der Waals surface area contributed by atoms with Gasteiger partial charge < -0.3 is 9.72 Å². The zero-order chi connectivity index (χ0) is 18.2. The van der Waals surface area contributed by atoms with Gasteiger partial charge in [0.2, 0.25) is 9.84 Å². The second-order valence-corrected chi connectivity index (χ2v) is 7.70. The van der Waals surface area contributed by atoms with Crippen LogP contribution in [0.25, 0.3) is 10.8 Å². The molecule has 25 heavy (non-hydrogen) atoms. The topological polar surface area (TPSA) is 76.2 Å². The molecule has 0 radical (unpaired) electrons. The van der Waals surface area contributed by atoms with Gasteiger partial charge >= 0.3 is 5.97 Å². The fourth-order valence-electron chi connectivity index (χ4n) is 3.00. The Morgan fingerprint density at radius 2 is 1.76 bits per heavy atom. The van der Waals surface area contributed by atoms with E-state index < -0.39 is 15.8 Å². The molecule has 0 saturated heterocycles. The Hall–Kier alpha value is -2.60. The van der Waals surface area contributed by atoms with Gasteiger partial charge in [-0.25, -0.2) is 13.2 Å². The molecule has 0 aliphatic rings. The van der Waals surface area contributed by atoms with Crippen molar-refractivity contribution in [1.82, 2.24) is 4.98 Å². The Kier molecular flexibility index (Phi) is 4.39. The van der Waals surface area contributed by atoms with Gasteiger partial charge in [-0.1, -0.05) is 30.3 Å². The van der Waals surface area contributed by atoms with Gasteiger partial charge in [0.25, 0.3) is 0 Å². The van der Waals surface area contributed by atoms with Crippen LogP contribution in [0.15, 0.2) is 52.3 Å². The summed E-state index contributed by atoms with van der Waals surface area (Å²) < 4.78 is 31.3. The largest absolute Gasteiger partial charge is 0.461 e. The van der Waals surface area contributed by atoms with E-state index in [-0.39, 0.29) is 22.1 Å². The molecule has 0 spiro atoms. The highest BCUT2D eigenvalue weighted by Crippen LogP contribution is 2.31. The minimum Gasteiger partial charge on any atom is -0.461 e. The molecule has 0 bridgehead atoms. The first-order valence-electron chi connectivity index (χ1n) is 7.96. The Balaban J connectivity index is 2.15. The van der Waals surface area contributed by atoms with Crippen molar-refractivity contribution >= 4 is 26.6 Å². The summed E-state index contributed by atoms with van der Waals surface area (Å²) in [5, 5.41) is 1.82. The molecule has 5 nitrogen and oxygen atoms in total. The molecule has 2 aromatic carbocycles. The minimum atomic E-state index is -3.76. The van der Waals surface area contributed by atoms with Crippen LogP contribution >= 0.6 is 0 Å². The first-order chi connectivity index (χ1) is 11.9. The average Bonchev–Trinajstić information content (AvgIpc) is 2.89. The monoisotopic (exact) mass is 357 g/mol. The lowest BCUT2D eigenvalue weighted by atomic mass is 10.1. The molecule has 130 valence electrons. The number of rotatable bonds is 4. The molecule has 1 N–H and O–H groups in total. The van der Waals surface area contributed by atoms with Crippen molar-refractivity contribution in [2.24, 2.45) is 0 Å². The normalized spacial score (nSPS) is 11.6. The predicted molar refractivity (Wildman–Crippen MR) is 95.6 cm³/mol. The summed E-state index contributed by atoms with van der Waals surface area (Å²) in [6.07, 6.45) is 0. The van der Waals surface area contributed by atoms with Crippen molar-refractivity contribution in [3.8, 4) is 0 Å². The molecule has 1 aromatic heterocycles. The Morgan fingerprint density at radius 1 is 1.08 bits per heavy atom.